The van der Waals surface area contributed by atoms with Crippen LogP contribution in [0.4, 0.5) is 5.69 Å². The summed E-state index contributed by atoms with van der Waals surface area (Å²) < 4.78 is 0. The number of carbonyl (C=O) groups is 1. The Bertz CT molecular complexity index is 644. The number of aliphatic hydroxyl groups is 1. The van der Waals surface area contributed by atoms with E-state index in [1.54, 1.807) is 18.5 Å². The molecule has 2 heterocycles. The van der Waals surface area contributed by atoms with E-state index in [1.807, 2.05) is 17.5 Å². The van der Waals surface area contributed by atoms with Crippen molar-refractivity contribution in [1.82, 2.24) is 10.3 Å². The zero-order valence-corrected chi connectivity index (χ0v) is 14.1. The third kappa shape index (κ3) is 4.22. The minimum atomic E-state index is -0.242. The smallest absolute Gasteiger partial charge is 0.263 e. The van der Waals surface area contributed by atoms with Crippen molar-refractivity contribution in [2.45, 2.75) is 31.4 Å². The van der Waals surface area contributed by atoms with Crippen LogP contribution < -0.4 is 11.1 Å². The Kier molecular flexibility index (Phi) is 5.98. The zero-order chi connectivity index (χ0) is 15.5. The Labute approximate surface area is 145 Å². The van der Waals surface area contributed by atoms with E-state index in [-0.39, 0.29) is 30.5 Å². The standard InChI is InChI=1S/C16H19N3O2S.ClH/c17-13-3-6-22-15(13)16(21)19-14(11-8-12(20)9-11)7-10-1-4-18-5-2-10;/h1-6,11-12,14,20H,7-9,17H2,(H,19,21);1H. The van der Waals surface area contributed by atoms with Gasteiger partial charge in [0.15, 0.2) is 0 Å². The highest BCUT2D eigenvalue weighted by Gasteiger charge is 2.35. The topological polar surface area (TPSA) is 88.2 Å². The molecule has 1 atom stereocenters. The van der Waals surface area contributed by atoms with E-state index in [4.69, 9.17) is 5.73 Å². The van der Waals surface area contributed by atoms with Gasteiger partial charge in [0.25, 0.3) is 5.91 Å². The molecule has 1 aliphatic rings. The molecule has 1 unspecified atom stereocenters. The first-order valence-corrected chi connectivity index (χ1v) is 8.22. The second kappa shape index (κ2) is 7.77. The molecule has 124 valence electrons. The molecule has 2 aromatic heterocycles. The van der Waals surface area contributed by atoms with Crippen molar-refractivity contribution < 1.29 is 9.90 Å². The van der Waals surface area contributed by atoms with Gasteiger partial charge < -0.3 is 16.2 Å². The summed E-state index contributed by atoms with van der Waals surface area (Å²) in [5.74, 6) is 0.168. The van der Waals surface area contributed by atoms with Gasteiger partial charge in [-0.1, -0.05) is 0 Å². The van der Waals surface area contributed by atoms with E-state index in [9.17, 15) is 9.90 Å². The van der Waals surface area contributed by atoms with Crippen molar-refractivity contribution >= 4 is 35.3 Å². The Morgan fingerprint density at radius 1 is 1.39 bits per heavy atom. The van der Waals surface area contributed by atoms with E-state index in [0.717, 1.165) is 24.8 Å². The van der Waals surface area contributed by atoms with Crippen LogP contribution in [0.2, 0.25) is 0 Å². The Morgan fingerprint density at radius 2 is 2.09 bits per heavy atom. The summed E-state index contributed by atoms with van der Waals surface area (Å²) in [4.78, 5) is 17.0. The number of anilines is 1. The third-order valence-electron chi connectivity index (χ3n) is 4.14. The van der Waals surface area contributed by atoms with E-state index in [2.05, 4.69) is 10.3 Å². The molecule has 0 aromatic carbocycles. The van der Waals surface area contributed by atoms with Crippen molar-refractivity contribution in [1.29, 1.82) is 0 Å². The lowest BCUT2D eigenvalue weighted by Gasteiger charge is -2.38. The van der Waals surface area contributed by atoms with Gasteiger partial charge in [0.2, 0.25) is 0 Å². The van der Waals surface area contributed by atoms with Gasteiger partial charge in [-0.3, -0.25) is 9.78 Å². The quantitative estimate of drug-likeness (QED) is 0.769. The summed E-state index contributed by atoms with van der Waals surface area (Å²) in [6.45, 7) is 0. The maximum Gasteiger partial charge on any atom is 0.263 e. The summed E-state index contributed by atoms with van der Waals surface area (Å²) in [5.41, 5.74) is 7.45. The normalized spacial score (nSPS) is 20.9. The number of halogens is 1. The van der Waals surface area contributed by atoms with Gasteiger partial charge in [0, 0.05) is 18.4 Å². The van der Waals surface area contributed by atoms with E-state index in [1.165, 1.54) is 11.3 Å². The fourth-order valence-electron chi connectivity index (χ4n) is 2.80. The molecule has 2 aromatic rings. The number of hydrogen-bond donors (Lipinski definition) is 3. The molecule has 0 spiro atoms. The number of carbonyl (C=O) groups excluding carboxylic acids is 1. The molecule has 0 radical (unpaired) electrons. The maximum atomic E-state index is 12.4. The van der Waals surface area contributed by atoms with Crippen LogP contribution in [0.3, 0.4) is 0 Å². The lowest BCUT2D eigenvalue weighted by Crippen LogP contribution is -2.48. The molecule has 1 aliphatic carbocycles. The first-order chi connectivity index (χ1) is 10.6. The third-order valence-corrected chi connectivity index (χ3v) is 5.07. The summed E-state index contributed by atoms with van der Waals surface area (Å²) in [6.07, 6.45) is 5.46. The number of nitrogens with two attached hydrogens (primary N) is 1. The molecule has 1 saturated carbocycles. The number of aliphatic hydroxyl groups excluding tert-OH is 1. The fraction of sp³-hybridized carbons (Fsp3) is 0.375. The summed E-state index contributed by atoms with van der Waals surface area (Å²) in [7, 11) is 0. The Balaban J connectivity index is 0.00000192. The van der Waals surface area contributed by atoms with E-state index < -0.39 is 0 Å². The largest absolute Gasteiger partial charge is 0.397 e. The Hall–Kier alpha value is -1.63. The molecule has 4 N–H and O–H groups in total. The van der Waals surface area contributed by atoms with Crippen molar-refractivity contribution in [3.8, 4) is 0 Å². The highest BCUT2D eigenvalue weighted by molar-refractivity contribution is 7.12. The molecular formula is C16H20ClN3O2S. The van der Waals surface area contributed by atoms with Crippen LogP contribution in [0, 0.1) is 5.92 Å². The summed E-state index contributed by atoms with van der Waals surface area (Å²) in [6, 6.07) is 5.64. The van der Waals surface area contributed by atoms with Crippen LogP contribution in [0.1, 0.15) is 28.1 Å². The number of nitrogen functional groups attached to an aromatic ring is 1. The van der Waals surface area contributed by atoms with Gasteiger partial charge in [0.05, 0.1) is 11.8 Å². The summed E-state index contributed by atoms with van der Waals surface area (Å²) >= 11 is 1.35. The second-order valence-electron chi connectivity index (χ2n) is 5.73. The van der Waals surface area contributed by atoms with Crippen molar-refractivity contribution in [3.05, 3.63) is 46.4 Å². The average Bonchev–Trinajstić information content (AvgIpc) is 2.91. The van der Waals surface area contributed by atoms with Gasteiger partial charge in [-0.2, -0.15) is 0 Å². The predicted octanol–water partition coefficient (Wildman–Crippen LogP) is 2.26. The van der Waals surface area contributed by atoms with Crippen LogP contribution in [0.15, 0.2) is 36.0 Å². The lowest BCUT2D eigenvalue weighted by atomic mass is 9.75. The Morgan fingerprint density at radius 3 is 2.65 bits per heavy atom. The number of rotatable bonds is 5. The van der Waals surface area contributed by atoms with Crippen LogP contribution in [-0.4, -0.2) is 28.1 Å². The van der Waals surface area contributed by atoms with Gasteiger partial charge in [-0.15, -0.1) is 23.7 Å². The monoisotopic (exact) mass is 353 g/mol. The zero-order valence-electron chi connectivity index (χ0n) is 12.5. The van der Waals surface area contributed by atoms with Gasteiger partial charge in [-0.05, 0) is 54.3 Å². The van der Waals surface area contributed by atoms with E-state index in [0.29, 0.717) is 16.5 Å². The first kappa shape index (κ1) is 17.7. The number of pyridine rings is 1. The number of hydrogen-bond acceptors (Lipinski definition) is 5. The molecule has 0 aliphatic heterocycles. The van der Waals surface area contributed by atoms with Gasteiger partial charge in [0.1, 0.15) is 4.88 Å². The van der Waals surface area contributed by atoms with Crippen molar-refractivity contribution in [2.24, 2.45) is 5.92 Å². The minimum Gasteiger partial charge on any atom is -0.397 e. The molecular weight excluding hydrogens is 334 g/mol. The van der Waals surface area contributed by atoms with Gasteiger partial charge >= 0.3 is 0 Å². The van der Waals surface area contributed by atoms with Crippen LogP contribution in [0.5, 0.6) is 0 Å². The van der Waals surface area contributed by atoms with Crippen LogP contribution in [0.25, 0.3) is 0 Å². The molecule has 1 amide bonds. The number of nitrogens with one attached hydrogen (secondary N) is 1. The molecule has 5 nitrogen and oxygen atoms in total. The molecule has 0 bridgehead atoms. The maximum absolute atomic E-state index is 12.4. The number of thiophene rings is 1. The van der Waals surface area contributed by atoms with Gasteiger partial charge in [-0.25, -0.2) is 0 Å². The lowest BCUT2D eigenvalue weighted by molar-refractivity contribution is 0.0240. The molecule has 1 fully saturated rings. The predicted molar refractivity (Wildman–Crippen MR) is 93.9 cm³/mol. The molecule has 7 heteroatoms. The fourth-order valence-corrected chi connectivity index (χ4v) is 3.53. The highest BCUT2D eigenvalue weighted by atomic mass is 35.5. The average molecular weight is 354 g/mol. The minimum absolute atomic E-state index is 0. The highest BCUT2D eigenvalue weighted by Crippen LogP contribution is 2.32. The molecule has 3 rings (SSSR count). The molecule has 23 heavy (non-hydrogen) atoms. The van der Waals surface area contributed by atoms with Crippen molar-refractivity contribution in [2.75, 3.05) is 5.73 Å². The SMILES string of the molecule is Cl.Nc1ccsc1C(=O)NC(Cc1ccncc1)C1CC(O)C1. The number of nitrogens with zero attached hydrogens (tertiary/aromatic N) is 1. The first-order valence-electron chi connectivity index (χ1n) is 7.34. The number of amides is 1. The number of aromatic nitrogens is 1. The van der Waals surface area contributed by atoms with Crippen LogP contribution >= 0.6 is 23.7 Å². The van der Waals surface area contributed by atoms with Crippen molar-refractivity contribution in [3.63, 3.8) is 0 Å². The van der Waals surface area contributed by atoms with E-state index >= 15 is 0 Å². The van der Waals surface area contributed by atoms with Crippen LogP contribution in [-0.2, 0) is 6.42 Å². The summed E-state index contributed by atoms with van der Waals surface area (Å²) in [5, 5.41) is 14.5. The molecule has 0 saturated heterocycles. The second-order valence-corrected chi connectivity index (χ2v) is 6.65.